The van der Waals surface area contributed by atoms with Gasteiger partial charge in [0.05, 0.1) is 18.2 Å². The Morgan fingerprint density at radius 1 is 1.19 bits per heavy atom. The van der Waals surface area contributed by atoms with E-state index in [0.717, 1.165) is 12.0 Å². The van der Waals surface area contributed by atoms with Crippen LogP contribution in [0.2, 0.25) is 5.02 Å². The summed E-state index contributed by atoms with van der Waals surface area (Å²) in [7, 11) is 0. The summed E-state index contributed by atoms with van der Waals surface area (Å²) in [5.74, 6) is 0.948. The number of carboxylic acids is 1. The van der Waals surface area contributed by atoms with Crippen molar-refractivity contribution in [3.63, 3.8) is 0 Å². The largest absolute Gasteiger partial charge is 0.493 e. The number of fused-ring (bicyclic) bond motifs is 1. The number of aliphatic carboxylic acids is 1. The summed E-state index contributed by atoms with van der Waals surface area (Å²) in [4.78, 5) is 11.5. The van der Waals surface area contributed by atoms with E-state index < -0.39 is 11.6 Å². The van der Waals surface area contributed by atoms with Gasteiger partial charge in [-0.15, -0.1) is 0 Å². The predicted octanol–water partition coefficient (Wildman–Crippen LogP) is 6.04. The lowest BCUT2D eigenvalue weighted by Gasteiger charge is -2.32. The Hall–Kier alpha value is -2.40. The average Bonchev–Trinajstić information content (AvgIpc) is 2.74. The number of aryl methyl sites for hydroxylation is 1. The molecule has 0 amide bonds. The van der Waals surface area contributed by atoms with E-state index in [4.69, 9.17) is 25.8 Å². The third-order valence-corrected chi connectivity index (χ3v) is 6.41. The fraction of sp³-hybridized carbons (Fsp3) is 0.480. The van der Waals surface area contributed by atoms with Gasteiger partial charge in [-0.2, -0.15) is 0 Å². The summed E-state index contributed by atoms with van der Waals surface area (Å²) in [5.41, 5.74) is 1.08. The number of ether oxygens (including phenoxy) is 3. The van der Waals surface area contributed by atoms with Crippen LogP contribution >= 0.6 is 11.6 Å². The minimum atomic E-state index is -1.19. The highest BCUT2D eigenvalue weighted by Crippen LogP contribution is 2.36. The first kappa shape index (κ1) is 23.3. The fourth-order valence-electron chi connectivity index (χ4n) is 3.42. The second kappa shape index (κ2) is 9.39. The monoisotopic (exact) mass is 446 g/mol. The maximum atomic E-state index is 11.5. The van der Waals surface area contributed by atoms with Crippen molar-refractivity contribution in [2.45, 2.75) is 64.4 Å². The molecule has 0 aliphatic carbocycles. The zero-order chi connectivity index (χ0) is 22.6. The van der Waals surface area contributed by atoms with Crippen LogP contribution in [0.3, 0.4) is 0 Å². The molecule has 0 radical (unpaired) electrons. The van der Waals surface area contributed by atoms with E-state index in [-0.39, 0.29) is 5.41 Å². The molecule has 3 rings (SSSR count). The first-order valence-electron chi connectivity index (χ1n) is 10.8. The molecule has 0 fully saturated rings. The summed E-state index contributed by atoms with van der Waals surface area (Å²) in [6, 6.07) is 11.6. The van der Waals surface area contributed by atoms with Gasteiger partial charge < -0.3 is 19.3 Å². The van der Waals surface area contributed by atoms with Gasteiger partial charge in [0.1, 0.15) is 17.2 Å². The molecule has 1 atom stereocenters. The van der Waals surface area contributed by atoms with Gasteiger partial charge in [0, 0.05) is 18.9 Å². The van der Waals surface area contributed by atoms with Gasteiger partial charge in [-0.3, -0.25) is 0 Å². The molecular formula is C25H31ClO5. The van der Waals surface area contributed by atoms with E-state index in [1.807, 2.05) is 24.3 Å². The topological polar surface area (TPSA) is 65.0 Å². The molecule has 0 unspecified atom stereocenters. The lowest BCUT2D eigenvalue weighted by Crippen LogP contribution is -2.44. The lowest BCUT2D eigenvalue weighted by molar-refractivity contribution is -0.155. The Kier molecular flexibility index (Phi) is 7.05. The fourth-order valence-corrected chi connectivity index (χ4v) is 3.65. The minimum Gasteiger partial charge on any atom is -0.493 e. The average molecular weight is 447 g/mol. The number of rotatable bonds is 9. The Morgan fingerprint density at radius 2 is 1.94 bits per heavy atom. The van der Waals surface area contributed by atoms with Gasteiger partial charge in [0.25, 0.3) is 0 Å². The molecule has 1 aliphatic rings. The number of hydrogen-bond donors (Lipinski definition) is 1. The Morgan fingerprint density at radius 3 is 2.61 bits per heavy atom. The molecule has 168 valence electrons. The lowest BCUT2D eigenvalue weighted by atomic mass is 9.82. The van der Waals surface area contributed by atoms with Crippen molar-refractivity contribution in [1.29, 1.82) is 0 Å². The van der Waals surface area contributed by atoms with Crippen LogP contribution in [0.1, 0.15) is 58.1 Å². The maximum Gasteiger partial charge on any atom is 0.347 e. The van der Waals surface area contributed by atoms with Gasteiger partial charge in [0.2, 0.25) is 5.60 Å². The van der Waals surface area contributed by atoms with Crippen LogP contribution in [0.25, 0.3) is 0 Å². The van der Waals surface area contributed by atoms with Crippen LogP contribution in [0, 0.1) is 0 Å². The van der Waals surface area contributed by atoms with Crippen LogP contribution in [-0.4, -0.2) is 29.9 Å². The molecule has 2 aromatic carbocycles. The molecular weight excluding hydrogens is 416 g/mol. The van der Waals surface area contributed by atoms with Gasteiger partial charge in [0.15, 0.2) is 0 Å². The molecule has 1 aliphatic heterocycles. The molecule has 1 heterocycles. The number of carboxylic acid groups (broad SMARTS) is 1. The smallest absolute Gasteiger partial charge is 0.347 e. The van der Waals surface area contributed by atoms with Crippen LogP contribution in [-0.2, 0) is 16.6 Å². The number of halogens is 1. The molecule has 5 nitrogen and oxygen atoms in total. The van der Waals surface area contributed by atoms with Crippen molar-refractivity contribution in [2.24, 2.45) is 0 Å². The Labute approximate surface area is 189 Å². The molecule has 0 aromatic heterocycles. The highest BCUT2D eigenvalue weighted by atomic mass is 35.5. The van der Waals surface area contributed by atoms with Crippen molar-refractivity contribution in [3.8, 4) is 17.2 Å². The number of benzene rings is 2. The summed E-state index contributed by atoms with van der Waals surface area (Å²) >= 11 is 6.40. The normalized spacial score (nSPS) is 18.1. The second-order valence-electron chi connectivity index (χ2n) is 8.84. The first-order valence-corrected chi connectivity index (χ1v) is 11.1. The van der Waals surface area contributed by atoms with E-state index in [0.29, 0.717) is 54.7 Å². The van der Waals surface area contributed by atoms with Gasteiger partial charge in [-0.1, -0.05) is 44.5 Å². The summed E-state index contributed by atoms with van der Waals surface area (Å²) in [5, 5.41) is 10.0. The molecule has 0 bridgehead atoms. The Balaban J connectivity index is 1.49. The van der Waals surface area contributed by atoms with Gasteiger partial charge in [-0.25, -0.2) is 4.79 Å². The maximum absolute atomic E-state index is 11.5. The quantitative estimate of drug-likeness (QED) is 0.475. The van der Waals surface area contributed by atoms with Crippen LogP contribution < -0.4 is 14.2 Å². The first-order chi connectivity index (χ1) is 14.6. The second-order valence-corrected chi connectivity index (χ2v) is 9.25. The highest BCUT2D eigenvalue weighted by molar-refractivity contribution is 6.32. The third-order valence-electron chi connectivity index (χ3n) is 6.11. The molecule has 0 saturated carbocycles. The van der Waals surface area contributed by atoms with Crippen molar-refractivity contribution < 1.29 is 24.1 Å². The zero-order valence-electron chi connectivity index (χ0n) is 18.7. The van der Waals surface area contributed by atoms with Crippen molar-refractivity contribution >= 4 is 17.6 Å². The van der Waals surface area contributed by atoms with E-state index in [1.165, 1.54) is 5.56 Å². The molecule has 0 saturated heterocycles. The SMILES string of the molecule is CCC(C)(C)c1ccc(OCCCOc2ccc3c(c2)O[C@@](C)(C(=O)O)CC3)c(Cl)c1. The van der Waals surface area contributed by atoms with Crippen LogP contribution in [0.5, 0.6) is 17.2 Å². The van der Waals surface area contributed by atoms with E-state index in [9.17, 15) is 9.90 Å². The Bertz CT molecular complexity index is 940. The van der Waals surface area contributed by atoms with Crippen molar-refractivity contribution in [1.82, 2.24) is 0 Å². The molecule has 31 heavy (non-hydrogen) atoms. The van der Waals surface area contributed by atoms with E-state index >= 15 is 0 Å². The summed E-state index contributed by atoms with van der Waals surface area (Å²) in [6.45, 7) is 9.11. The summed E-state index contributed by atoms with van der Waals surface area (Å²) in [6.07, 6.45) is 2.83. The molecule has 1 N–H and O–H groups in total. The van der Waals surface area contributed by atoms with E-state index in [1.54, 1.807) is 13.0 Å². The van der Waals surface area contributed by atoms with Crippen molar-refractivity contribution in [2.75, 3.05) is 13.2 Å². The van der Waals surface area contributed by atoms with Gasteiger partial charge >= 0.3 is 5.97 Å². The van der Waals surface area contributed by atoms with Crippen molar-refractivity contribution in [3.05, 3.63) is 52.5 Å². The minimum absolute atomic E-state index is 0.0799. The molecule has 2 aromatic rings. The van der Waals surface area contributed by atoms with Gasteiger partial charge in [-0.05, 0) is 54.5 Å². The zero-order valence-corrected chi connectivity index (χ0v) is 19.4. The number of hydrogen-bond acceptors (Lipinski definition) is 4. The standard InChI is InChI=1S/C25H31ClO5/c1-5-24(2,3)18-8-10-21(20(26)15-18)30-14-6-13-29-19-9-7-17-11-12-25(4,23(27)28)31-22(17)16-19/h7-10,15-16H,5-6,11-14H2,1-4H3,(H,27,28)/t25-/m1/s1. The van der Waals surface area contributed by atoms with Crippen LogP contribution in [0.4, 0.5) is 0 Å². The highest BCUT2D eigenvalue weighted by Gasteiger charge is 2.39. The molecule has 6 heteroatoms. The number of carbonyl (C=O) groups is 1. The third kappa shape index (κ3) is 5.45. The van der Waals surface area contributed by atoms with E-state index in [2.05, 4.69) is 26.8 Å². The summed E-state index contributed by atoms with van der Waals surface area (Å²) < 4.78 is 17.4. The van der Waals surface area contributed by atoms with Crippen LogP contribution in [0.15, 0.2) is 36.4 Å². The predicted molar refractivity (Wildman–Crippen MR) is 122 cm³/mol. The molecule has 0 spiro atoms.